The third kappa shape index (κ3) is 6.24. The van der Waals surface area contributed by atoms with E-state index in [0.29, 0.717) is 11.4 Å². The third-order valence-corrected chi connectivity index (χ3v) is 2.36. The molecule has 0 amide bonds. The van der Waals surface area contributed by atoms with E-state index in [2.05, 4.69) is 21.5 Å². The molecule has 0 saturated carbocycles. The Morgan fingerprint density at radius 1 is 1.53 bits per heavy atom. The van der Waals surface area contributed by atoms with Gasteiger partial charge in [-0.1, -0.05) is 6.58 Å². The van der Waals surface area contributed by atoms with E-state index < -0.39 is 11.3 Å². The fourth-order valence-corrected chi connectivity index (χ4v) is 1.52. The van der Waals surface area contributed by atoms with E-state index in [1.807, 2.05) is 19.0 Å². The molecule has 19 heavy (non-hydrogen) atoms. The van der Waals surface area contributed by atoms with Crippen molar-refractivity contribution >= 4 is 28.3 Å². The summed E-state index contributed by atoms with van der Waals surface area (Å²) >= 11 is -2.44. The Morgan fingerprint density at radius 3 is 2.63 bits per heavy atom. The van der Waals surface area contributed by atoms with Crippen LogP contribution < -0.4 is 15.4 Å². The number of anilines is 2. The van der Waals surface area contributed by atoms with Crippen molar-refractivity contribution in [1.82, 2.24) is 0 Å². The minimum absolute atomic E-state index is 0. The van der Waals surface area contributed by atoms with Crippen LogP contribution in [-0.4, -0.2) is 22.9 Å². The van der Waals surface area contributed by atoms with Crippen LogP contribution in [0.25, 0.3) is 0 Å². The predicted octanol–water partition coefficient (Wildman–Crippen LogP) is 1.47. The van der Waals surface area contributed by atoms with E-state index in [0.717, 1.165) is 5.69 Å². The van der Waals surface area contributed by atoms with Crippen LogP contribution >= 0.6 is 0 Å². The molecule has 1 rings (SSSR count). The van der Waals surface area contributed by atoms with Gasteiger partial charge >= 0.3 is 32.7 Å². The zero-order valence-corrected chi connectivity index (χ0v) is 14.3. The number of hydrogen-bond acceptors (Lipinski definition) is 6. The first kappa shape index (κ1) is 18.2. The Morgan fingerprint density at radius 2 is 2.16 bits per heavy atom. The van der Waals surface area contributed by atoms with E-state index >= 15 is 0 Å². The Kier molecular flexibility index (Phi) is 8.00. The quantitative estimate of drug-likeness (QED) is 0.615. The molecule has 0 radical (unpaired) electrons. The van der Waals surface area contributed by atoms with Gasteiger partial charge in [0.25, 0.3) is 0 Å². The average Bonchev–Trinajstić information content (AvgIpc) is 2.26. The van der Waals surface area contributed by atoms with Gasteiger partial charge < -0.3 is 19.9 Å². The summed E-state index contributed by atoms with van der Waals surface area (Å²) in [5.74, 6) is 0.0425. The van der Waals surface area contributed by atoms with Gasteiger partial charge in [-0.05, 0) is 18.2 Å². The van der Waals surface area contributed by atoms with Crippen LogP contribution in [0.3, 0.4) is 0 Å². The number of nitrogens with one attached hydrogen (secondary N) is 1. The molecule has 0 aliphatic carbocycles. The van der Waals surface area contributed by atoms with Gasteiger partial charge in [0.05, 0.1) is 5.69 Å². The Hall–Kier alpha value is -0.826. The van der Waals surface area contributed by atoms with Crippen molar-refractivity contribution in [2.75, 3.05) is 23.7 Å². The minimum Gasteiger partial charge on any atom is -0.755 e. The van der Waals surface area contributed by atoms with Crippen LogP contribution in [0.2, 0.25) is 0 Å². The number of hydrogen-bond donors (Lipinski definition) is 2. The molecule has 0 spiro atoms. The summed E-state index contributed by atoms with van der Waals surface area (Å²) in [5.41, 5.74) is 6.77. The Balaban J connectivity index is 0.00000324. The molecule has 1 atom stereocenters. The number of benzene rings is 1. The van der Waals surface area contributed by atoms with Crippen LogP contribution in [0.1, 0.15) is 0 Å². The molecule has 0 aliphatic heterocycles. The number of rotatable bonds is 5. The molecule has 0 aromatic heterocycles. The van der Waals surface area contributed by atoms with Crippen LogP contribution in [0.4, 0.5) is 17.1 Å². The molecule has 1 unspecified atom stereocenters. The maximum Gasteiger partial charge on any atom is 3.00 e. The van der Waals surface area contributed by atoms with Crippen molar-refractivity contribution in [3.05, 3.63) is 30.6 Å². The molecule has 1 aromatic rings. The molecular formula is C10H14N5O2SY+2. The van der Waals surface area contributed by atoms with Crippen LogP contribution in [-0.2, 0) is 44.0 Å². The molecule has 3 N–H and O–H groups in total. The van der Waals surface area contributed by atoms with Gasteiger partial charge in [0.1, 0.15) is 11.5 Å². The van der Waals surface area contributed by atoms with Gasteiger partial charge in [-0.2, -0.15) is 0 Å². The first-order valence-corrected chi connectivity index (χ1v) is 6.01. The van der Waals surface area contributed by atoms with Crippen molar-refractivity contribution in [2.45, 2.75) is 0 Å². The molecular weight excluding hydrogens is 343 g/mol. The van der Waals surface area contributed by atoms with Crippen LogP contribution in [0, 0.1) is 0 Å². The van der Waals surface area contributed by atoms with E-state index in [9.17, 15) is 8.76 Å². The summed E-state index contributed by atoms with van der Waals surface area (Å²) in [6, 6.07) is 5.06. The molecule has 0 bridgehead atoms. The second-order valence-corrected chi connectivity index (χ2v) is 4.30. The zero-order valence-electron chi connectivity index (χ0n) is 10.7. The second-order valence-electron chi connectivity index (χ2n) is 3.62. The third-order valence-electron chi connectivity index (χ3n) is 1.98. The van der Waals surface area contributed by atoms with E-state index in [1.54, 1.807) is 18.2 Å². The van der Waals surface area contributed by atoms with E-state index in [1.165, 1.54) is 0 Å². The van der Waals surface area contributed by atoms with E-state index in [-0.39, 0.29) is 38.5 Å². The predicted molar refractivity (Wildman–Crippen MR) is 71.2 cm³/mol. The average molecular weight is 357 g/mol. The maximum atomic E-state index is 10.7. The minimum atomic E-state index is -2.44. The van der Waals surface area contributed by atoms with Gasteiger partial charge in [0, 0.05) is 31.0 Å². The molecule has 98 valence electrons. The van der Waals surface area contributed by atoms with Crippen molar-refractivity contribution in [1.29, 1.82) is 0 Å². The zero-order chi connectivity index (χ0) is 13.7. The monoisotopic (exact) mass is 357 g/mol. The molecule has 0 saturated heterocycles. The summed E-state index contributed by atoms with van der Waals surface area (Å²) in [5, 5.41) is 7.40. The first-order valence-electron chi connectivity index (χ1n) is 4.93. The Bertz CT molecular complexity index is 507. The summed E-state index contributed by atoms with van der Waals surface area (Å²) < 4.78 is 23.7. The summed E-state index contributed by atoms with van der Waals surface area (Å²) in [6.07, 6.45) is 0. The van der Waals surface area contributed by atoms with Crippen molar-refractivity contribution in [3.63, 3.8) is 0 Å². The van der Waals surface area contributed by atoms with Crippen molar-refractivity contribution < 1.29 is 41.5 Å². The molecule has 9 heteroatoms. The van der Waals surface area contributed by atoms with Gasteiger partial charge in [-0.15, -0.1) is 10.2 Å². The summed E-state index contributed by atoms with van der Waals surface area (Å²) in [6.45, 7) is 3.37. The number of nitrogens with two attached hydrogens (primary N) is 1. The van der Waals surface area contributed by atoms with Gasteiger partial charge in [0.15, 0.2) is 0 Å². The fraction of sp³-hybridized carbons (Fsp3) is 0.200. The summed E-state index contributed by atoms with van der Waals surface area (Å²) in [4.78, 5) is 1.84. The molecule has 7 nitrogen and oxygen atoms in total. The summed E-state index contributed by atoms with van der Waals surface area (Å²) in [7, 11) is 3.69. The molecule has 0 fully saturated rings. The topological polar surface area (TPSA) is 106 Å². The molecule has 0 aliphatic rings. The normalized spacial score (nSPS) is 11.7. The molecule has 0 heterocycles. The first-order chi connectivity index (χ1) is 8.40. The van der Waals surface area contributed by atoms with Crippen molar-refractivity contribution in [3.8, 4) is 0 Å². The smallest absolute Gasteiger partial charge is 0.755 e. The van der Waals surface area contributed by atoms with Crippen LogP contribution in [0.5, 0.6) is 0 Å². The van der Waals surface area contributed by atoms with Gasteiger partial charge in [0.2, 0.25) is 0 Å². The van der Waals surface area contributed by atoms with E-state index in [4.69, 9.17) is 5.73 Å². The largest absolute Gasteiger partial charge is 3.00 e. The SMILES string of the molecule is C=C(N)N=Nc1ccc(N(C)C)cc1NS(=O)[O-].[Y+3]. The van der Waals surface area contributed by atoms with Gasteiger partial charge in [-0.3, -0.25) is 4.21 Å². The van der Waals surface area contributed by atoms with Crippen LogP contribution in [0.15, 0.2) is 40.8 Å². The maximum absolute atomic E-state index is 10.7. The number of azo groups is 1. The standard InChI is InChI=1S/C10H15N5O2S.Y/c1-7(11)12-13-9-5-4-8(15(2)3)6-10(9)14-18(16)17;/h4-6,14H,1,11H2,2-3H3,(H,16,17);/q;+3/p-1. The molecule has 1 aromatic carbocycles. The second kappa shape index (κ2) is 8.37. The van der Waals surface area contributed by atoms with Gasteiger partial charge in [-0.25, -0.2) is 0 Å². The Labute approximate surface area is 139 Å². The van der Waals surface area contributed by atoms with Crippen molar-refractivity contribution in [2.24, 2.45) is 16.0 Å². The number of nitrogens with zero attached hydrogens (tertiary/aromatic N) is 3. The fourth-order valence-electron chi connectivity index (χ4n) is 1.18.